The lowest BCUT2D eigenvalue weighted by Crippen LogP contribution is -2.54. The van der Waals surface area contributed by atoms with E-state index >= 15 is 0 Å². The highest BCUT2D eigenvalue weighted by atomic mass is 35.5. The number of benzene rings is 4. The van der Waals surface area contributed by atoms with Gasteiger partial charge in [-0.3, -0.25) is 54.3 Å². The molecule has 7 aliphatic heterocycles. The molecule has 4 aromatic rings. The molecule has 11 fully saturated rings. The number of imide groups is 3. The van der Waals surface area contributed by atoms with Crippen molar-refractivity contribution in [2.45, 2.75) is 121 Å². The van der Waals surface area contributed by atoms with Crippen LogP contribution in [-0.2, 0) is 38.4 Å². The number of rotatable bonds is 20. The molecule has 6 N–H and O–H groups in total. The average Bonchev–Trinajstić information content (AvgIpc) is 1.65. The zero-order valence-corrected chi connectivity index (χ0v) is 68.5. The maximum Gasteiger partial charge on any atom is 0.322 e. The smallest absolute Gasteiger partial charge is 0.322 e. The Morgan fingerprint density at radius 3 is 0.712 bits per heavy atom. The molecule has 15 rings (SSSR count). The largest absolute Gasteiger partial charge is 0.368 e. The summed E-state index contributed by atoms with van der Waals surface area (Å²) in [6.45, 7) is 17.8. The molecule has 4 saturated carbocycles. The number of Topliss-reactive ketones (excluding diaryl/α,β-unsaturated/α-hetero) is 1. The van der Waals surface area contributed by atoms with Crippen LogP contribution in [0.2, 0.25) is 40.2 Å². The van der Waals surface area contributed by atoms with Gasteiger partial charge in [-0.25, -0.2) is 14.4 Å². The summed E-state index contributed by atoms with van der Waals surface area (Å²) in [7, 11) is 0. The molecule has 0 spiro atoms. The molecule has 0 radical (unpaired) electrons. The molecule has 11 aliphatic rings. The molecule has 7 atom stereocenters. The van der Waals surface area contributed by atoms with Crippen LogP contribution < -0.4 is 51.5 Å². The number of ketones is 1. The maximum atomic E-state index is 13.0. The van der Waals surface area contributed by atoms with Crippen LogP contribution >= 0.6 is 92.8 Å². The van der Waals surface area contributed by atoms with Gasteiger partial charge < -0.3 is 55.1 Å². The monoisotopic (exact) mass is 1680 g/mol. The van der Waals surface area contributed by atoms with Crippen molar-refractivity contribution in [3.8, 4) is 0 Å². The Balaban J connectivity index is 0.000000138. The van der Waals surface area contributed by atoms with E-state index < -0.39 is 34.7 Å². The summed E-state index contributed by atoms with van der Waals surface area (Å²) in [5.41, 5.74) is 1.00. The highest BCUT2D eigenvalue weighted by Crippen LogP contribution is 2.48. The van der Waals surface area contributed by atoms with E-state index in [1.165, 1.54) is 0 Å². The number of nitrogens with zero attached hydrogens (tertiary/aromatic N) is 8. The third kappa shape index (κ3) is 20.3. The summed E-state index contributed by atoms with van der Waals surface area (Å²) in [6.07, 6.45) is 8.77. The minimum absolute atomic E-state index is 0.0164. The first-order valence-electron chi connectivity index (χ1n) is 38.2. The van der Waals surface area contributed by atoms with Crippen molar-refractivity contribution in [3.63, 3.8) is 0 Å². The number of carbonyl (C=O) groups excluding carboxylic acids is 11. The number of carbonyl (C=O) groups is 11. The summed E-state index contributed by atoms with van der Waals surface area (Å²) in [5, 5.41) is 20.2. The van der Waals surface area contributed by atoms with Crippen LogP contribution in [0.1, 0.15) is 105 Å². The van der Waals surface area contributed by atoms with E-state index in [1.54, 1.807) is 24.3 Å². The third-order valence-electron chi connectivity index (χ3n) is 23.1. The first-order chi connectivity index (χ1) is 52.8. The van der Waals surface area contributed by atoms with Gasteiger partial charge in [0.15, 0.2) is 0 Å². The van der Waals surface area contributed by atoms with Crippen molar-refractivity contribution < 1.29 is 52.7 Å². The van der Waals surface area contributed by atoms with Gasteiger partial charge in [0.25, 0.3) is 17.7 Å². The van der Waals surface area contributed by atoms with Crippen LogP contribution in [0.15, 0.2) is 72.8 Å². The van der Waals surface area contributed by atoms with Gasteiger partial charge in [-0.15, -0.1) is 0 Å². The minimum Gasteiger partial charge on any atom is -0.368 e. The molecule has 7 heterocycles. The number of amides is 13. The van der Waals surface area contributed by atoms with Crippen molar-refractivity contribution in [3.05, 3.63) is 113 Å². The molecular weight excluding hydrogens is 1590 g/mol. The average molecular weight is 1690 g/mol. The normalized spacial score (nSPS) is 24.3. The van der Waals surface area contributed by atoms with E-state index in [0.29, 0.717) is 157 Å². The number of anilines is 4. The van der Waals surface area contributed by atoms with Gasteiger partial charge in [0.2, 0.25) is 23.6 Å². The zero-order chi connectivity index (χ0) is 79.5. The standard InChI is InChI=1S/3C20H24Cl2N4O3.C18H22Cl2N2O2/c3*1-12(11-20(13-2-3-13)18(28)23-19(29)24-20)17(27)26-6-4-25(5-7-26)16-9-14(21)8-15(22)10-16;1-12(8-17(23)13-2-3-13)18(24)22-6-4-21(5-7-22)16-10-14(19)9-15(20)11-16/h3*8-10,12-13H,2-7,11H2,1H3,(H2,23,24,28,29);9-13H,2-8H2,1H3/t2*12-,20-;;/m10../s1. The first-order valence-corrected chi connectivity index (χ1v) is 41.2. The first kappa shape index (κ1) is 83.2. The quantitative estimate of drug-likeness (QED) is 0.0449. The van der Waals surface area contributed by atoms with Crippen molar-refractivity contribution >= 4 is 181 Å². The van der Waals surface area contributed by atoms with Crippen molar-refractivity contribution in [1.29, 1.82) is 0 Å². The van der Waals surface area contributed by atoms with E-state index in [2.05, 4.69) is 51.5 Å². The predicted molar refractivity (Wildman–Crippen MR) is 430 cm³/mol. The van der Waals surface area contributed by atoms with Gasteiger partial charge in [-0.2, -0.15) is 0 Å². The molecule has 0 aromatic heterocycles. The Morgan fingerprint density at radius 2 is 0.532 bits per heavy atom. The second-order valence-electron chi connectivity index (χ2n) is 31.4. The molecule has 13 amide bonds. The number of nitrogens with one attached hydrogen (secondary N) is 6. The summed E-state index contributed by atoms with van der Waals surface area (Å²) in [4.78, 5) is 152. The topological polar surface area (TPSA) is 286 Å². The fourth-order valence-electron chi connectivity index (χ4n) is 16.6. The Bertz CT molecular complexity index is 3840. The van der Waals surface area contributed by atoms with Gasteiger partial charge in [0.05, 0.1) is 0 Å². The lowest BCUT2D eigenvalue weighted by atomic mass is 9.83. The molecule has 4 aliphatic carbocycles. The highest BCUT2D eigenvalue weighted by Gasteiger charge is 2.59. The lowest BCUT2D eigenvalue weighted by molar-refractivity contribution is -0.138. The maximum absolute atomic E-state index is 13.0. The number of hydrogen-bond donors (Lipinski definition) is 6. The highest BCUT2D eigenvalue weighted by molar-refractivity contribution is 6.37. The lowest BCUT2D eigenvalue weighted by Gasteiger charge is -2.38. The van der Waals surface area contributed by atoms with Gasteiger partial charge in [-0.1, -0.05) is 121 Å². The summed E-state index contributed by atoms with van der Waals surface area (Å²) < 4.78 is 0. The fraction of sp³-hybridized carbons (Fsp3) is 0.551. The Morgan fingerprint density at radius 1 is 0.324 bits per heavy atom. The van der Waals surface area contributed by atoms with Crippen LogP contribution in [0.25, 0.3) is 0 Å². The number of piperazine rings is 4. The van der Waals surface area contributed by atoms with Crippen LogP contribution in [-0.4, -0.2) is 206 Å². The number of urea groups is 3. The van der Waals surface area contributed by atoms with E-state index in [9.17, 15) is 52.7 Å². The van der Waals surface area contributed by atoms with Gasteiger partial charge in [0.1, 0.15) is 22.4 Å². The van der Waals surface area contributed by atoms with Gasteiger partial charge in [0, 0.05) is 204 Å². The van der Waals surface area contributed by atoms with Gasteiger partial charge in [-0.05, 0) is 161 Å². The minimum atomic E-state index is -0.939. The van der Waals surface area contributed by atoms with E-state index in [-0.39, 0.29) is 94.5 Å². The van der Waals surface area contributed by atoms with Crippen LogP contribution in [0.4, 0.5) is 37.1 Å². The summed E-state index contributed by atoms with van der Waals surface area (Å²) in [5.74, 6) is -1.20. The Kier molecular flexibility index (Phi) is 26.4. The van der Waals surface area contributed by atoms with Crippen LogP contribution in [0.3, 0.4) is 0 Å². The second-order valence-corrected chi connectivity index (χ2v) is 34.9. The zero-order valence-electron chi connectivity index (χ0n) is 62.4. The van der Waals surface area contributed by atoms with E-state index in [1.807, 2.05) is 95.8 Å². The molecule has 598 valence electrons. The molecule has 0 bridgehead atoms. The molecule has 4 aromatic carbocycles. The van der Waals surface area contributed by atoms with Gasteiger partial charge >= 0.3 is 18.1 Å². The number of halogens is 8. The molecule has 111 heavy (non-hydrogen) atoms. The Labute approximate surface area is 686 Å². The predicted octanol–water partition coefficient (Wildman–Crippen LogP) is 11.6. The molecule has 7 saturated heterocycles. The summed E-state index contributed by atoms with van der Waals surface area (Å²) >= 11 is 48.7. The summed E-state index contributed by atoms with van der Waals surface area (Å²) in [6, 6.07) is 20.4. The van der Waals surface area contributed by atoms with Crippen molar-refractivity contribution in [1.82, 2.24) is 51.5 Å². The number of hydrogen-bond acceptors (Lipinski definition) is 15. The molecule has 3 unspecified atom stereocenters. The molecule has 33 heteroatoms. The third-order valence-corrected chi connectivity index (χ3v) is 24.8. The fourth-order valence-corrected chi connectivity index (χ4v) is 18.6. The molecule has 25 nitrogen and oxygen atoms in total. The van der Waals surface area contributed by atoms with Crippen LogP contribution in [0.5, 0.6) is 0 Å². The second kappa shape index (κ2) is 35.2. The Hall–Kier alpha value is -7.23. The van der Waals surface area contributed by atoms with E-state index in [4.69, 9.17) is 92.8 Å². The van der Waals surface area contributed by atoms with E-state index in [0.717, 1.165) is 87.2 Å². The SMILES string of the molecule is CC(CC(=O)C1CC1)C(=O)N1CCN(c2cc(Cl)cc(Cl)c2)CC1.CC(CC1(C2CC2)NC(=O)NC1=O)C(=O)N1CCN(c2cc(Cl)cc(Cl)c2)CC1.C[C@@H](C[C@@]1(C2CC2)NC(=O)NC1=O)C(=O)N1CCN(c2cc(Cl)cc(Cl)c2)CC1.C[C@H](C[C@]1(C2CC2)NC(=O)NC1=O)C(=O)N1CCN(c2cc(Cl)cc(Cl)c2)CC1. The van der Waals surface area contributed by atoms with Crippen molar-refractivity contribution in [2.24, 2.45) is 47.3 Å². The van der Waals surface area contributed by atoms with Crippen molar-refractivity contribution in [2.75, 3.05) is 124 Å². The van der Waals surface area contributed by atoms with Crippen LogP contribution in [0, 0.1) is 47.3 Å². The molecular formula is C78H94Cl8N14O11.